The van der Waals surface area contributed by atoms with Gasteiger partial charge in [-0.15, -0.1) is 0 Å². The molecule has 0 saturated heterocycles. The largest absolute Gasteiger partial charge is 0.385 e. The third-order valence-electron chi connectivity index (χ3n) is 2.81. The van der Waals surface area contributed by atoms with E-state index in [-0.39, 0.29) is 0 Å². The maximum Gasteiger partial charge on any atom is 0.138 e. The average molecular weight is 201 g/mol. The second-order valence-electron chi connectivity index (χ2n) is 3.92. The SMILES string of the molecule is OC1(c2ccc(-n3cncn3)cc2)CC1. The highest BCUT2D eigenvalue weighted by Gasteiger charge is 2.41. The fourth-order valence-electron chi connectivity index (χ4n) is 1.67. The Morgan fingerprint density at radius 1 is 1.20 bits per heavy atom. The number of benzene rings is 1. The van der Waals surface area contributed by atoms with Gasteiger partial charge in [-0.1, -0.05) is 12.1 Å². The minimum Gasteiger partial charge on any atom is -0.385 e. The Morgan fingerprint density at radius 3 is 2.47 bits per heavy atom. The Hall–Kier alpha value is -1.68. The van der Waals surface area contributed by atoms with Crippen LogP contribution in [0.4, 0.5) is 0 Å². The first-order valence-corrected chi connectivity index (χ1v) is 4.96. The van der Waals surface area contributed by atoms with Gasteiger partial charge in [-0.3, -0.25) is 0 Å². The van der Waals surface area contributed by atoms with Gasteiger partial charge >= 0.3 is 0 Å². The number of hydrogen-bond acceptors (Lipinski definition) is 3. The number of hydrogen-bond donors (Lipinski definition) is 1. The van der Waals surface area contributed by atoms with Crippen LogP contribution in [0.15, 0.2) is 36.9 Å². The molecule has 4 nitrogen and oxygen atoms in total. The highest BCUT2D eigenvalue weighted by molar-refractivity contribution is 5.37. The van der Waals surface area contributed by atoms with E-state index < -0.39 is 5.60 Å². The van der Waals surface area contributed by atoms with Gasteiger partial charge in [-0.25, -0.2) is 9.67 Å². The summed E-state index contributed by atoms with van der Waals surface area (Å²) in [7, 11) is 0. The van der Waals surface area contributed by atoms with Crippen molar-refractivity contribution in [3.63, 3.8) is 0 Å². The van der Waals surface area contributed by atoms with E-state index in [1.165, 1.54) is 6.33 Å². The van der Waals surface area contributed by atoms with Crippen LogP contribution in [-0.2, 0) is 5.60 Å². The van der Waals surface area contributed by atoms with Gasteiger partial charge < -0.3 is 5.11 Å². The van der Waals surface area contributed by atoms with Gasteiger partial charge in [0.15, 0.2) is 0 Å². The van der Waals surface area contributed by atoms with Crippen molar-refractivity contribution in [2.45, 2.75) is 18.4 Å². The van der Waals surface area contributed by atoms with E-state index in [0.29, 0.717) is 0 Å². The molecule has 0 bridgehead atoms. The van der Waals surface area contributed by atoms with Crippen molar-refractivity contribution < 1.29 is 5.11 Å². The fraction of sp³-hybridized carbons (Fsp3) is 0.273. The molecule has 0 aliphatic heterocycles. The zero-order chi connectivity index (χ0) is 10.3. The van der Waals surface area contributed by atoms with E-state index in [0.717, 1.165) is 24.1 Å². The lowest BCUT2D eigenvalue weighted by Crippen LogP contribution is -2.04. The quantitative estimate of drug-likeness (QED) is 0.795. The zero-order valence-corrected chi connectivity index (χ0v) is 8.17. The molecule has 0 unspecified atom stereocenters. The Labute approximate surface area is 87.2 Å². The molecule has 3 rings (SSSR count). The fourth-order valence-corrected chi connectivity index (χ4v) is 1.67. The molecule has 1 saturated carbocycles. The summed E-state index contributed by atoms with van der Waals surface area (Å²) in [5, 5.41) is 13.9. The Bertz CT molecular complexity index is 457. The van der Waals surface area contributed by atoms with E-state index in [1.807, 2.05) is 24.3 Å². The van der Waals surface area contributed by atoms with Crippen LogP contribution >= 0.6 is 0 Å². The lowest BCUT2D eigenvalue weighted by atomic mass is 10.1. The summed E-state index contributed by atoms with van der Waals surface area (Å²) in [5.74, 6) is 0. The molecule has 0 radical (unpaired) electrons. The Balaban J connectivity index is 1.94. The molecular formula is C11H11N3O. The van der Waals surface area contributed by atoms with Gasteiger partial charge in [0, 0.05) is 0 Å². The number of nitrogens with zero attached hydrogens (tertiary/aromatic N) is 3. The van der Waals surface area contributed by atoms with Gasteiger partial charge in [0.25, 0.3) is 0 Å². The van der Waals surface area contributed by atoms with Crippen LogP contribution in [0.3, 0.4) is 0 Å². The lowest BCUT2D eigenvalue weighted by Gasteiger charge is -2.08. The summed E-state index contributed by atoms with van der Waals surface area (Å²) in [5.41, 5.74) is 1.40. The molecule has 4 heteroatoms. The van der Waals surface area contributed by atoms with Gasteiger partial charge in [0.05, 0.1) is 11.3 Å². The van der Waals surface area contributed by atoms with Crippen molar-refractivity contribution in [1.82, 2.24) is 14.8 Å². The average Bonchev–Trinajstić information content (AvgIpc) is 2.84. The van der Waals surface area contributed by atoms with Crippen molar-refractivity contribution in [3.8, 4) is 5.69 Å². The summed E-state index contributed by atoms with van der Waals surface area (Å²) in [6.45, 7) is 0. The van der Waals surface area contributed by atoms with Crippen LogP contribution < -0.4 is 0 Å². The van der Waals surface area contributed by atoms with E-state index >= 15 is 0 Å². The summed E-state index contributed by atoms with van der Waals surface area (Å²) >= 11 is 0. The van der Waals surface area contributed by atoms with Gasteiger partial charge in [0.1, 0.15) is 12.7 Å². The molecule has 1 heterocycles. The van der Waals surface area contributed by atoms with Crippen molar-refractivity contribution in [2.24, 2.45) is 0 Å². The predicted molar refractivity (Wildman–Crippen MR) is 54.5 cm³/mol. The van der Waals surface area contributed by atoms with Crippen LogP contribution in [-0.4, -0.2) is 19.9 Å². The van der Waals surface area contributed by atoms with E-state index in [2.05, 4.69) is 10.1 Å². The van der Waals surface area contributed by atoms with Crippen molar-refractivity contribution in [3.05, 3.63) is 42.5 Å². The second kappa shape index (κ2) is 2.90. The van der Waals surface area contributed by atoms with Crippen LogP contribution in [0.25, 0.3) is 5.69 Å². The first-order valence-electron chi connectivity index (χ1n) is 4.96. The third kappa shape index (κ3) is 1.43. The summed E-state index contributed by atoms with van der Waals surface area (Å²) in [6.07, 6.45) is 4.90. The molecule has 0 amide bonds. The minimum atomic E-state index is -0.555. The van der Waals surface area contributed by atoms with E-state index in [9.17, 15) is 5.11 Å². The Morgan fingerprint density at radius 2 is 1.93 bits per heavy atom. The molecule has 0 atom stereocenters. The van der Waals surface area contributed by atoms with Crippen LogP contribution in [0.1, 0.15) is 18.4 Å². The molecule has 2 aromatic rings. The summed E-state index contributed by atoms with van der Waals surface area (Å²) in [4.78, 5) is 3.88. The molecule has 1 aliphatic carbocycles. The maximum absolute atomic E-state index is 9.89. The van der Waals surface area contributed by atoms with Gasteiger partial charge in [-0.2, -0.15) is 5.10 Å². The molecule has 0 spiro atoms. The second-order valence-corrected chi connectivity index (χ2v) is 3.92. The molecule has 1 aromatic heterocycles. The van der Waals surface area contributed by atoms with Crippen molar-refractivity contribution in [1.29, 1.82) is 0 Å². The monoisotopic (exact) mass is 201 g/mol. The number of aliphatic hydroxyl groups is 1. The summed E-state index contributed by atoms with van der Waals surface area (Å²) in [6, 6.07) is 7.79. The predicted octanol–water partition coefficient (Wildman–Crippen LogP) is 1.25. The summed E-state index contributed by atoms with van der Waals surface area (Å²) < 4.78 is 1.70. The number of rotatable bonds is 2. The smallest absolute Gasteiger partial charge is 0.138 e. The zero-order valence-electron chi connectivity index (χ0n) is 8.17. The molecule has 1 aliphatic rings. The Kier molecular flexibility index (Phi) is 1.67. The normalized spacial score (nSPS) is 17.7. The first kappa shape index (κ1) is 8.61. The molecule has 15 heavy (non-hydrogen) atoms. The number of aromatic nitrogens is 3. The molecule has 1 N–H and O–H groups in total. The molecule has 1 aromatic carbocycles. The maximum atomic E-state index is 9.89. The van der Waals surface area contributed by atoms with Crippen LogP contribution in [0, 0.1) is 0 Å². The van der Waals surface area contributed by atoms with Gasteiger partial charge in [0.2, 0.25) is 0 Å². The van der Waals surface area contributed by atoms with E-state index in [1.54, 1.807) is 11.0 Å². The first-order chi connectivity index (χ1) is 7.28. The molecule has 76 valence electrons. The van der Waals surface area contributed by atoms with E-state index in [4.69, 9.17) is 0 Å². The standard InChI is InChI=1S/C11H11N3O/c15-11(5-6-11)9-1-3-10(4-2-9)14-8-12-7-13-14/h1-4,7-8,15H,5-6H2. The topological polar surface area (TPSA) is 50.9 Å². The minimum absolute atomic E-state index is 0.555. The highest BCUT2D eigenvalue weighted by Crippen LogP contribution is 2.45. The van der Waals surface area contributed by atoms with Crippen LogP contribution in [0.5, 0.6) is 0 Å². The van der Waals surface area contributed by atoms with Gasteiger partial charge in [-0.05, 0) is 30.5 Å². The third-order valence-corrected chi connectivity index (χ3v) is 2.81. The lowest BCUT2D eigenvalue weighted by molar-refractivity contribution is 0.151. The van der Waals surface area contributed by atoms with Crippen molar-refractivity contribution >= 4 is 0 Å². The highest BCUT2D eigenvalue weighted by atomic mass is 16.3. The van der Waals surface area contributed by atoms with Crippen molar-refractivity contribution in [2.75, 3.05) is 0 Å². The van der Waals surface area contributed by atoms with Crippen LogP contribution in [0.2, 0.25) is 0 Å². The molecule has 1 fully saturated rings. The molecular weight excluding hydrogens is 190 g/mol.